The molecule has 41 heteroatoms. The number of carbonyl (C=O) groups excluding carboxylic acids is 12. The molecule has 3 aliphatic heterocycles. The Balaban J connectivity index is 0.000000283. The van der Waals surface area contributed by atoms with Crippen molar-refractivity contribution in [1.82, 2.24) is 0 Å². The van der Waals surface area contributed by atoms with Crippen molar-refractivity contribution in [3.63, 3.8) is 0 Å². The van der Waals surface area contributed by atoms with Gasteiger partial charge in [0.15, 0.2) is 41.1 Å². The van der Waals surface area contributed by atoms with E-state index in [1.54, 1.807) is 121 Å². The van der Waals surface area contributed by atoms with Gasteiger partial charge in [-0.05, 0) is 163 Å². The van der Waals surface area contributed by atoms with Gasteiger partial charge in [0.05, 0.1) is 50.4 Å². The number of aliphatic hydroxyl groups excluding tert-OH is 5. The van der Waals surface area contributed by atoms with Gasteiger partial charge < -0.3 is 101 Å². The number of amides is 5. The van der Waals surface area contributed by atoms with Gasteiger partial charge in [0, 0.05) is 70.0 Å². The Hall–Kier alpha value is -12.1. The van der Waals surface area contributed by atoms with E-state index in [4.69, 9.17) is 85.4 Å². The van der Waals surface area contributed by atoms with Crippen LogP contribution in [0.3, 0.4) is 0 Å². The zero-order chi connectivity index (χ0) is 97.4. The van der Waals surface area contributed by atoms with Crippen LogP contribution in [0.4, 0.5) is 58.1 Å². The van der Waals surface area contributed by atoms with Crippen molar-refractivity contribution in [2.45, 2.75) is 272 Å². The predicted octanol–water partition coefficient (Wildman–Crippen LogP) is 12.8. The maximum Gasteiger partial charge on any atom is 0.414 e. The van der Waals surface area contributed by atoms with Crippen molar-refractivity contribution in [2.24, 2.45) is 4.99 Å². The van der Waals surface area contributed by atoms with Gasteiger partial charge in [0.1, 0.15) is 31.5 Å². The lowest BCUT2D eigenvalue weighted by Crippen LogP contribution is -2.61. The van der Waals surface area contributed by atoms with E-state index in [1.165, 1.54) is 26.9 Å². The van der Waals surface area contributed by atoms with Gasteiger partial charge in [-0.15, -0.1) is 0 Å². The largest absolute Gasteiger partial charge is 0.456 e. The molecule has 6 aromatic carbocycles. The average Bonchev–Trinajstić information content (AvgIpc) is 0.791. The molecule has 3 aliphatic rings. The summed E-state index contributed by atoms with van der Waals surface area (Å²) in [6.45, 7) is 34.3. The number of nitrogens with zero attached hydrogens (tertiary/aromatic N) is 1. The molecule has 0 spiro atoms. The molecule has 0 aromatic heterocycles. The first-order valence-electron chi connectivity index (χ1n) is 41.4. The maximum atomic E-state index is 12.8. The van der Waals surface area contributed by atoms with E-state index in [-0.39, 0.29) is 36.5 Å². The fraction of sp³-hybridized carbons (Fsp3) is 0.467. The fourth-order valence-electron chi connectivity index (χ4n) is 11.7. The molecular formula is C90H118N6O33Si2. The number of esters is 6. The summed E-state index contributed by atoms with van der Waals surface area (Å²) in [4.78, 5) is 145. The maximum absolute atomic E-state index is 12.8. The molecule has 131 heavy (non-hydrogen) atoms. The Morgan fingerprint density at radius 1 is 0.336 bits per heavy atom. The van der Waals surface area contributed by atoms with Crippen LogP contribution in [0.25, 0.3) is 0 Å². The van der Waals surface area contributed by atoms with Gasteiger partial charge >= 0.3 is 66.3 Å². The van der Waals surface area contributed by atoms with Crippen molar-refractivity contribution in [2.75, 3.05) is 26.6 Å². The molecule has 9 rings (SSSR count). The summed E-state index contributed by atoms with van der Waals surface area (Å²) in [6, 6.07) is 40.6. The van der Waals surface area contributed by atoms with Crippen molar-refractivity contribution in [3.8, 4) is 0 Å². The summed E-state index contributed by atoms with van der Waals surface area (Å²) in [6.07, 6.45) is -21.6. The molecule has 0 saturated carbocycles. The number of aliphatic imine (C=N–C) groups is 1. The number of isocyanates is 1. The number of hydrogen-bond donors (Lipinski definition) is 10. The summed E-state index contributed by atoms with van der Waals surface area (Å²) >= 11 is 0. The minimum Gasteiger partial charge on any atom is -0.456 e. The van der Waals surface area contributed by atoms with Gasteiger partial charge in [-0.1, -0.05) is 114 Å². The standard InChI is InChI=1S/C34H46N2O12Si.C22H26N2O9.C20H25NO10.C14H21NO2Si/c1-20-28(45-21(2)37)29(46-22(3)38)30(47-23(4)39)31(44-20)48-33(41)36-27-14-10-24(11-15-27)18-42-32(40)35-26-16-12-25(13-17-26)19-43-49(8,9)34(5,6)7;1-12-17(26)18(27)19(28)20(32-12)33-22(30)24-16-8-4-14(5-9-16)11-31-21(29)23-15-6-2-13(10-25)3-7-15;1-10-16(28-11(2)23)17(29-12(3)24)18(30-13(4)25)19(27-10)31-20(26)21-15-7-5-14(9-22)6-8-15;1-14(2,3)18(4,5)17-10-12-6-8-13(9-7-12)15-11-16/h10-17,20,28-31H,18-19H2,1-9H3,(H,35,40)(H,36,41);2-9,12,17-20,25-28H,10-11H2,1H3,(H,23,29)(H,24,30);5-8,10,16-19,22H,9H2,1-4H3,(H,21,26);6-9H,10H2,1-5H3. The van der Waals surface area contributed by atoms with Gasteiger partial charge in [-0.2, -0.15) is 4.99 Å². The number of carbonyl (C=O) groups is 11. The zero-order valence-corrected chi connectivity index (χ0v) is 78.4. The van der Waals surface area contributed by atoms with Gasteiger partial charge in [-0.25, -0.2) is 28.8 Å². The Labute approximate surface area is 760 Å². The fourth-order valence-corrected chi connectivity index (χ4v) is 13.6. The average molecular weight is 1870 g/mol. The van der Waals surface area contributed by atoms with Crippen molar-refractivity contribution in [3.05, 3.63) is 179 Å². The first-order valence-corrected chi connectivity index (χ1v) is 47.2. The number of aliphatic hydroxyl groups is 5. The monoisotopic (exact) mass is 1870 g/mol. The molecule has 0 radical (unpaired) electrons. The number of rotatable bonds is 27. The lowest BCUT2D eigenvalue weighted by atomic mass is 9.99. The number of anilines is 5. The third kappa shape index (κ3) is 35.6. The smallest absolute Gasteiger partial charge is 0.414 e. The highest BCUT2D eigenvalue weighted by Gasteiger charge is 2.54. The second kappa shape index (κ2) is 50.3. The van der Waals surface area contributed by atoms with E-state index in [0.717, 1.165) is 58.2 Å². The minimum absolute atomic E-state index is 0.00844. The molecular weight excluding hydrogens is 1750 g/mol. The van der Waals surface area contributed by atoms with E-state index in [1.807, 2.05) is 24.3 Å². The topological polar surface area (TPSA) is 526 Å². The van der Waals surface area contributed by atoms with Crippen molar-refractivity contribution < 1.29 is 158 Å². The second-order valence-corrected chi connectivity index (χ2v) is 42.9. The number of nitrogens with one attached hydrogen (secondary N) is 5. The third-order valence-electron chi connectivity index (χ3n) is 20.8. The molecule has 714 valence electrons. The summed E-state index contributed by atoms with van der Waals surface area (Å²) < 4.78 is 86.5. The summed E-state index contributed by atoms with van der Waals surface area (Å²) in [5, 5.41) is 60.5. The highest BCUT2D eigenvalue weighted by Crippen LogP contribution is 2.39. The normalized spacial score (nSPS) is 21.5. The van der Waals surface area contributed by atoms with Crippen LogP contribution < -0.4 is 26.6 Å². The van der Waals surface area contributed by atoms with E-state index in [2.05, 4.69) is 99.3 Å². The van der Waals surface area contributed by atoms with Crippen LogP contribution in [0.2, 0.25) is 36.3 Å². The van der Waals surface area contributed by atoms with Crippen LogP contribution in [0, 0.1) is 0 Å². The first kappa shape index (κ1) is 108. The molecule has 10 N–H and O–H groups in total. The highest BCUT2D eigenvalue weighted by molar-refractivity contribution is 6.74. The Morgan fingerprint density at radius 3 is 0.870 bits per heavy atom. The van der Waals surface area contributed by atoms with Crippen LogP contribution in [-0.2, 0) is 148 Å². The van der Waals surface area contributed by atoms with Crippen LogP contribution >= 0.6 is 0 Å². The van der Waals surface area contributed by atoms with E-state index >= 15 is 0 Å². The molecule has 3 heterocycles. The summed E-state index contributed by atoms with van der Waals surface area (Å²) in [5.41, 5.74) is 7.60. The van der Waals surface area contributed by atoms with Crippen molar-refractivity contribution >= 4 is 123 Å². The zero-order valence-electron chi connectivity index (χ0n) is 76.4. The van der Waals surface area contributed by atoms with Crippen LogP contribution in [0.15, 0.2) is 151 Å². The lowest BCUT2D eigenvalue weighted by molar-refractivity contribution is -0.285. The molecule has 3 saturated heterocycles. The first-order chi connectivity index (χ1) is 61.5. The SMILES string of the molecule is CC(=O)OC1C(C)OC(OC(=O)Nc2ccc(CO)cc2)C(OC(C)=O)C1OC(C)=O.CC(=O)OC1C(C)OC(OC(=O)Nc2ccc(COC(=O)Nc3ccc(CO[Si](C)(C)C(C)(C)C)cc3)cc2)C(OC(C)=O)C1OC(C)=O.CC(C)(C)[Si](C)(C)OCc1ccc(N=C=O)cc1.CC1OC(OC(=O)Nc2ccc(COC(=O)Nc3ccc(CO)cc3)cc2)C(O)C(O)C1O. The van der Waals surface area contributed by atoms with E-state index < -0.39 is 175 Å². The second-order valence-electron chi connectivity index (χ2n) is 33.3. The molecule has 3 fully saturated rings. The predicted molar refractivity (Wildman–Crippen MR) is 475 cm³/mol. The van der Waals surface area contributed by atoms with Gasteiger partial charge in [0.2, 0.25) is 37.2 Å². The molecule has 5 amide bonds. The van der Waals surface area contributed by atoms with Gasteiger partial charge in [-0.3, -0.25) is 55.4 Å². The van der Waals surface area contributed by atoms with E-state index in [0.29, 0.717) is 64.0 Å². The summed E-state index contributed by atoms with van der Waals surface area (Å²) in [7, 11) is -3.58. The molecule has 39 nitrogen and oxygen atoms in total. The van der Waals surface area contributed by atoms with Crippen LogP contribution in [-0.4, -0.2) is 207 Å². The number of ether oxygens (including phenoxy) is 14. The Kier molecular flexibility index (Phi) is 41.4. The Morgan fingerprint density at radius 2 is 0.588 bits per heavy atom. The number of hydrogen-bond acceptors (Lipinski definition) is 34. The molecule has 15 unspecified atom stereocenters. The molecule has 0 bridgehead atoms. The van der Waals surface area contributed by atoms with Crippen LogP contribution in [0.5, 0.6) is 0 Å². The summed E-state index contributed by atoms with van der Waals surface area (Å²) in [5.74, 6) is -4.34. The molecule has 0 aliphatic carbocycles. The third-order valence-corrected chi connectivity index (χ3v) is 29.7. The molecule has 6 aromatic rings. The number of benzene rings is 6. The molecule has 15 atom stereocenters. The quantitative estimate of drug-likeness (QED) is 0.00753. The minimum atomic E-state index is -1.88. The Bertz CT molecular complexity index is 4820. The van der Waals surface area contributed by atoms with Crippen LogP contribution in [0.1, 0.15) is 137 Å². The van der Waals surface area contributed by atoms with Gasteiger partial charge in [0.25, 0.3) is 0 Å². The highest BCUT2D eigenvalue weighted by atomic mass is 28.4. The lowest BCUT2D eigenvalue weighted by Gasteiger charge is -2.42. The van der Waals surface area contributed by atoms with E-state index in [9.17, 15) is 72.9 Å². The van der Waals surface area contributed by atoms with Crippen molar-refractivity contribution in [1.29, 1.82) is 0 Å².